The molecular formula is C14H21N5O. The Morgan fingerprint density at radius 2 is 2.05 bits per heavy atom. The first-order valence-corrected chi connectivity index (χ1v) is 6.48. The average molecular weight is 275 g/mol. The van der Waals surface area contributed by atoms with Crippen molar-refractivity contribution in [1.29, 1.82) is 0 Å². The summed E-state index contributed by atoms with van der Waals surface area (Å²) in [6.45, 7) is 2.06. The molecule has 2 aromatic heterocycles. The van der Waals surface area contributed by atoms with Gasteiger partial charge in [0.25, 0.3) is 0 Å². The number of imidazole rings is 1. The molecule has 2 heterocycles. The summed E-state index contributed by atoms with van der Waals surface area (Å²) in [5.41, 5.74) is 1.90. The van der Waals surface area contributed by atoms with Crippen LogP contribution < -0.4 is 15.0 Å². The summed E-state index contributed by atoms with van der Waals surface area (Å²) in [5, 5.41) is 3.44. The summed E-state index contributed by atoms with van der Waals surface area (Å²) in [4.78, 5) is 10.7. The van der Waals surface area contributed by atoms with Gasteiger partial charge in [0.15, 0.2) is 0 Å². The van der Waals surface area contributed by atoms with Crippen molar-refractivity contribution in [3.63, 3.8) is 0 Å². The lowest BCUT2D eigenvalue weighted by Gasteiger charge is -2.23. The SMILES string of the molecule is COc1nccc(N(C)C)c1NC(C)c1nccn1C. The third-order valence-corrected chi connectivity index (χ3v) is 3.18. The highest BCUT2D eigenvalue weighted by Gasteiger charge is 2.17. The van der Waals surface area contributed by atoms with Gasteiger partial charge in [0, 0.05) is 39.7 Å². The quantitative estimate of drug-likeness (QED) is 0.905. The Kier molecular flexibility index (Phi) is 4.12. The van der Waals surface area contributed by atoms with Crippen molar-refractivity contribution in [1.82, 2.24) is 14.5 Å². The molecule has 0 bridgehead atoms. The highest BCUT2D eigenvalue weighted by molar-refractivity contribution is 5.74. The molecular weight excluding hydrogens is 254 g/mol. The monoisotopic (exact) mass is 275 g/mol. The van der Waals surface area contributed by atoms with E-state index >= 15 is 0 Å². The van der Waals surface area contributed by atoms with Crippen LogP contribution in [0.2, 0.25) is 0 Å². The van der Waals surface area contributed by atoms with E-state index in [4.69, 9.17) is 4.74 Å². The second kappa shape index (κ2) is 5.81. The number of pyridine rings is 1. The number of nitrogens with one attached hydrogen (secondary N) is 1. The van der Waals surface area contributed by atoms with E-state index < -0.39 is 0 Å². The average Bonchev–Trinajstić information content (AvgIpc) is 2.85. The van der Waals surface area contributed by atoms with Crippen LogP contribution >= 0.6 is 0 Å². The van der Waals surface area contributed by atoms with Crippen LogP contribution in [-0.4, -0.2) is 35.7 Å². The Balaban J connectivity index is 2.35. The van der Waals surface area contributed by atoms with E-state index in [1.54, 1.807) is 19.5 Å². The second-order valence-electron chi connectivity index (χ2n) is 4.87. The van der Waals surface area contributed by atoms with Gasteiger partial charge in [-0.2, -0.15) is 0 Å². The first-order chi connectivity index (χ1) is 9.54. The predicted molar refractivity (Wildman–Crippen MR) is 80.4 cm³/mol. The van der Waals surface area contributed by atoms with Crippen LogP contribution in [0.5, 0.6) is 5.88 Å². The molecule has 0 aromatic carbocycles. The zero-order chi connectivity index (χ0) is 14.7. The molecule has 0 aliphatic heterocycles. The summed E-state index contributed by atoms with van der Waals surface area (Å²) in [6, 6.07) is 2.00. The van der Waals surface area contributed by atoms with Gasteiger partial charge in [0.1, 0.15) is 11.5 Å². The lowest BCUT2D eigenvalue weighted by molar-refractivity contribution is 0.399. The minimum absolute atomic E-state index is 0.0480. The maximum atomic E-state index is 5.36. The van der Waals surface area contributed by atoms with Gasteiger partial charge in [-0.05, 0) is 13.0 Å². The third-order valence-electron chi connectivity index (χ3n) is 3.18. The zero-order valence-corrected chi connectivity index (χ0v) is 12.6. The first-order valence-electron chi connectivity index (χ1n) is 6.48. The normalized spacial score (nSPS) is 12.1. The molecule has 0 saturated heterocycles. The van der Waals surface area contributed by atoms with E-state index in [1.165, 1.54) is 0 Å². The number of anilines is 2. The number of aryl methyl sites for hydroxylation is 1. The van der Waals surface area contributed by atoms with Crippen LogP contribution in [0.3, 0.4) is 0 Å². The molecule has 0 saturated carbocycles. The minimum atomic E-state index is 0.0480. The smallest absolute Gasteiger partial charge is 0.239 e. The molecule has 6 nitrogen and oxygen atoms in total. The lowest BCUT2D eigenvalue weighted by atomic mass is 10.2. The summed E-state index contributed by atoms with van der Waals surface area (Å²) < 4.78 is 7.35. The molecule has 6 heteroatoms. The first kappa shape index (κ1) is 14.2. The Bertz CT molecular complexity index is 579. The molecule has 20 heavy (non-hydrogen) atoms. The topological polar surface area (TPSA) is 55.2 Å². The Morgan fingerprint density at radius 1 is 1.30 bits per heavy atom. The highest BCUT2D eigenvalue weighted by Crippen LogP contribution is 2.34. The van der Waals surface area contributed by atoms with Crippen molar-refractivity contribution in [3.05, 3.63) is 30.5 Å². The van der Waals surface area contributed by atoms with Gasteiger partial charge in [-0.25, -0.2) is 9.97 Å². The van der Waals surface area contributed by atoms with E-state index in [-0.39, 0.29) is 6.04 Å². The Hall–Kier alpha value is -2.24. The molecule has 2 aromatic rings. The van der Waals surface area contributed by atoms with Crippen LogP contribution in [0.1, 0.15) is 18.8 Å². The van der Waals surface area contributed by atoms with Gasteiger partial charge in [0.05, 0.1) is 18.8 Å². The van der Waals surface area contributed by atoms with Crippen LogP contribution in [0.4, 0.5) is 11.4 Å². The number of hydrogen-bond donors (Lipinski definition) is 1. The van der Waals surface area contributed by atoms with Gasteiger partial charge >= 0.3 is 0 Å². The largest absolute Gasteiger partial charge is 0.479 e. The lowest BCUT2D eigenvalue weighted by Crippen LogP contribution is -2.17. The standard InChI is InChI=1S/C14H21N5O/c1-10(13-15-8-9-19(13)4)17-12-11(18(2)3)6-7-16-14(12)20-5/h6-10,17H,1-5H3. The number of hydrogen-bond acceptors (Lipinski definition) is 5. The number of aromatic nitrogens is 3. The van der Waals surface area contributed by atoms with Crippen molar-refractivity contribution in [2.45, 2.75) is 13.0 Å². The summed E-state index contributed by atoms with van der Waals surface area (Å²) in [5.74, 6) is 1.54. The summed E-state index contributed by atoms with van der Waals surface area (Å²) in [7, 11) is 7.59. The third kappa shape index (κ3) is 2.68. The highest BCUT2D eigenvalue weighted by atomic mass is 16.5. The van der Waals surface area contributed by atoms with E-state index in [0.717, 1.165) is 17.2 Å². The van der Waals surface area contributed by atoms with Gasteiger partial charge in [0.2, 0.25) is 5.88 Å². The maximum absolute atomic E-state index is 5.36. The van der Waals surface area contributed by atoms with Crippen LogP contribution in [0.15, 0.2) is 24.7 Å². The second-order valence-corrected chi connectivity index (χ2v) is 4.87. The van der Waals surface area contributed by atoms with E-state index in [0.29, 0.717) is 5.88 Å². The van der Waals surface area contributed by atoms with Gasteiger partial charge in [-0.3, -0.25) is 0 Å². The van der Waals surface area contributed by atoms with Crippen LogP contribution in [0.25, 0.3) is 0 Å². The molecule has 0 radical (unpaired) electrons. The van der Waals surface area contributed by atoms with Crippen molar-refractivity contribution in [3.8, 4) is 5.88 Å². The molecule has 2 rings (SSSR count). The van der Waals surface area contributed by atoms with E-state index in [1.807, 2.05) is 42.9 Å². The minimum Gasteiger partial charge on any atom is -0.479 e. The number of rotatable bonds is 5. The molecule has 0 fully saturated rings. The maximum Gasteiger partial charge on any atom is 0.239 e. The van der Waals surface area contributed by atoms with Crippen molar-refractivity contribution < 1.29 is 4.74 Å². The van der Waals surface area contributed by atoms with E-state index in [9.17, 15) is 0 Å². The molecule has 108 valence electrons. The number of ether oxygens (including phenoxy) is 1. The predicted octanol–water partition coefficient (Wildman–Crippen LogP) is 2.06. The molecule has 0 aliphatic carbocycles. The van der Waals surface area contributed by atoms with E-state index in [2.05, 4.69) is 22.2 Å². The fourth-order valence-corrected chi connectivity index (χ4v) is 2.17. The van der Waals surface area contributed by atoms with Crippen molar-refractivity contribution in [2.24, 2.45) is 7.05 Å². The molecule has 1 N–H and O–H groups in total. The van der Waals surface area contributed by atoms with Gasteiger partial charge < -0.3 is 19.5 Å². The zero-order valence-electron chi connectivity index (χ0n) is 12.6. The molecule has 0 aliphatic rings. The molecule has 0 spiro atoms. The summed E-state index contributed by atoms with van der Waals surface area (Å²) >= 11 is 0. The number of methoxy groups -OCH3 is 1. The fourth-order valence-electron chi connectivity index (χ4n) is 2.17. The van der Waals surface area contributed by atoms with Crippen LogP contribution in [-0.2, 0) is 7.05 Å². The Labute approximate surface area is 119 Å². The molecule has 1 unspecified atom stereocenters. The van der Waals surface area contributed by atoms with Crippen LogP contribution in [0, 0.1) is 0 Å². The Morgan fingerprint density at radius 3 is 2.60 bits per heavy atom. The fraction of sp³-hybridized carbons (Fsp3) is 0.429. The molecule has 1 atom stereocenters. The summed E-state index contributed by atoms with van der Waals surface area (Å²) in [6.07, 6.45) is 5.46. The van der Waals surface area contributed by atoms with Crippen molar-refractivity contribution >= 4 is 11.4 Å². The molecule has 0 amide bonds. The van der Waals surface area contributed by atoms with Gasteiger partial charge in [-0.1, -0.05) is 0 Å². The number of nitrogens with zero attached hydrogens (tertiary/aromatic N) is 4. The van der Waals surface area contributed by atoms with Gasteiger partial charge in [-0.15, -0.1) is 0 Å². The van der Waals surface area contributed by atoms with Crippen molar-refractivity contribution in [2.75, 3.05) is 31.4 Å².